The Kier molecular flexibility index (Phi) is 5.26. The normalized spacial score (nSPS) is 18.2. The first-order valence-electron chi connectivity index (χ1n) is 7.58. The van der Waals surface area contributed by atoms with Gasteiger partial charge in [0.05, 0.1) is 18.2 Å². The van der Waals surface area contributed by atoms with Crippen molar-refractivity contribution in [3.63, 3.8) is 0 Å². The molecule has 0 amide bonds. The van der Waals surface area contributed by atoms with Crippen LogP contribution in [-0.2, 0) is 9.53 Å². The van der Waals surface area contributed by atoms with Crippen molar-refractivity contribution < 1.29 is 9.53 Å². The van der Waals surface area contributed by atoms with Gasteiger partial charge in [-0.15, -0.1) is 0 Å². The number of esters is 1. The van der Waals surface area contributed by atoms with Crippen LogP contribution >= 0.6 is 12.2 Å². The molecule has 0 spiro atoms. The first-order chi connectivity index (χ1) is 10.8. The molecule has 0 radical (unpaired) electrons. The Bertz CT molecular complexity index is 655. The molecule has 3 N–H and O–H groups in total. The summed E-state index contributed by atoms with van der Waals surface area (Å²) in [6.07, 6.45) is 0. The molecule has 5 nitrogen and oxygen atoms in total. The lowest BCUT2D eigenvalue weighted by Crippen LogP contribution is -2.46. The van der Waals surface area contributed by atoms with Gasteiger partial charge in [-0.2, -0.15) is 0 Å². The molecule has 1 aromatic rings. The summed E-state index contributed by atoms with van der Waals surface area (Å²) in [6.45, 7) is 6.26. The van der Waals surface area contributed by atoms with Crippen LogP contribution in [0.2, 0.25) is 0 Å². The van der Waals surface area contributed by atoms with E-state index in [-0.39, 0.29) is 17.9 Å². The molecule has 1 aromatic carbocycles. The van der Waals surface area contributed by atoms with Gasteiger partial charge < -0.3 is 20.7 Å². The maximum absolute atomic E-state index is 12.6. The number of carbonyl (C=O) groups excluding carboxylic acids is 1. The van der Waals surface area contributed by atoms with Gasteiger partial charge in [-0.3, -0.25) is 0 Å². The number of nitrogens with zero attached hydrogens (tertiary/aromatic N) is 1. The van der Waals surface area contributed by atoms with Crippen LogP contribution < -0.4 is 11.1 Å². The first kappa shape index (κ1) is 17.3. The quantitative estimate of drug-likeness (QED) is 0.501. The predicted molar refractivity (Wildman–Crippen MR) is 95.6 cm³/mol. The second-order valence-corrected chi connectivity index (χ2v) is 6.49. The van der Waals surface area contributed by atoms with E-state index in [9.17, 15) is 4.79 Å². The van der Waals surface area contributed by atoms with E-state index in [4.69, 9.17) is 22.7 Å². The van der Waals surface area contributed by atoms with E-state index in [1.165, 1.54) is 0 Å². The van der Waals surface area contributed by atoms with Gasteiger partial charge in [0.1, 0.15) is 0 Å². The Labute approximate surface area is 142 Å². The maximum atomic E-state index is 12.6. The molecular weight excluding hydrogens is 310 g/mol. The summed E-state index contributed by atoms with van der Waals surface area (Å²) in [5.41, 5.74) is 8.75. The van der Waals surface area contributed by atoms with Crippen LogP contribution in [0.15, 0.2) is 35.5 Å². The van der Waals surface area contributed by atoms with Crippen LogP contribution in [0.1, 0.15) is 32.4 Å². The van der Waals surface area contributed by atoms with Crippen LogP contribution in [0.3, 0.4) is 0 Å². The number of hydrogen-bond donors (Lipinski definition) is 2. The first-order valence-corrected chi connectivity index (χ1v) is 7.99. The third-order valence-corrected chi connectivity index (χ3v) is 4.16. The summed E-state index contributed by atoms with van der Waals surface area (Å²) < 4.78 is 5.44. The molecule has 0 aromatic heterocycles. The van der Waals surface area contributed by atoms with E-state index in [0.29, 0.717) is 23.0 Å². The van der Waals surface area contributed by atoms with E-state index in [0.717, 1.165) is 11.3 Å². The summed E-state index contributed by atoms with van der Waals surface area (Å²) in [4.78, 5) is 14.4. The van der Waals surface area contributed by atoms with Crippen molar-refractivity contribution in [2.45, 2.75) is 26.8 Å². The Morgan fingerprint density at radius 3 is 2.78 bits per heavy atom. The molecule has 1 aliphatic heterocycles. The number of anilines is 1. The van der Waals surface area contributed by atoms with E-state index < -0.39 is 0 Å². The molecule has 1 atom stereocenters. The highest BCUT2D eigenvalue weighted by Gasteiger charge is 2.33. The van der Waals surface area contributed by atoms with Gasteiger partial charge in [0, 0.05) is 18.4 Å². The van der Waals surface area contributed by atoms with Crippen LogP contribution in [0.25, 0.3) is 0 Å². The van der Waals surface area contributed by atoms with Crippen molar-refractivity contribution in [3.05, 3.63) is 41.1 Å². The highest BCUT2D eigenvalue weighted by molar-refractivity contribution is 7.80. The van der Waals surface area contributed by atoms with Crippen LogP contribution in [0, 0.1) is 5.92 Å². The molecule has 6 heteroatoms. The second-order valence-electron chi connectivity index (χ2n) is 6.10. The zero-order chi connectivity index (χ0) is 17.1. The van der Waals surface area contributed by atoms with Crippen LogP contribution in [0.5, 0.6) is 0 Å². The Morgan fingerprint density at radius 2 is 2.17 bits per heavy atom. The topological polar surface area (TPSA) is 67.6 Å². The van der Waals surface area contributed by atoms with Gasteiger partial charge in [0.2, 0.25) is 0 Å². The number of nitrogens with two attached hydrogens (primary N) is 1. The number of rotatable bonds is 4. The van der Waals surface area contributed by atoms with Gasteiger partial charge in [-0.25, -0.2) is 4.79 Å². The molecule has 124 valence electrons. The zero-order valence-electron chi connectivity index (χ0n) is 13.9. The lowest BCUT2D eigenvalue weighted by molar-refractivity contribution is -0.140. The molecule has 0 unspecified atom stereocenters. The fourth-order valence-electron chi connectivity index (χ4n) is 2.41. The summed E-state index contributed by atoms with van der Waals surface area (Å²) in [5.74, 6) is -0.0495. The van der Waals surface area contributed by atoms with Crippen molar-refractivity contribution in [1.82, 2.24) is 10.2 Å². The molecule has 2 rings (SSSR count). The largest absolute Gasteiger partial charge is 0.462 e. The fourth-order valence-corrected chi connectivity index (χ4v) is 2.66. The number of ether oxygens (including phenoxy) is 1. The van der Waals surface area contributed by atoms with Crippen LogP contribution in [0.4, 0.5) is 5.69 Å². The number of carbonyl (C=O) groups is 1. The molecule has 0 bridgehead atoms. The molecule has 1 aliphatic rings. The molecule has 0 fully saturated rings. The summed E-state index contributed by atoms with van der Waals surface area (Å²) in [5, 5.41) is 3.77. The number of allylic oxidation sites excluding steroid dienone is 1. The summed E-state index contributed by atoms with van der Waals surface area (Å²) in [7, 11) is 1.83. The Balaban J connectivity index is 2.42. The number of nitrogens with one attached hydrogen (secondary N) is 1. The van der Waals surface area contributed by atoms with Crippen molar-refractivity contribution in [2.24, 2.45) is 5.92 Å². The van der Waals surface area contributed by atoms with Gasteiger partial charge in [-0.1, -0.05) is 26.0 Å². The number of nitrogen functional groups attached to an aromatic ring is 1. The third kappa shape index (κ3) is 3.82. The SMILES string of the molecule is CC1=C(C(=O)OCC(C)C)[C@@H](c2cccc(N)c2)NC(=S)N1C. The van der Waals surface area contributed by atoms with Crippen LogP contribution in [-0.4, -0.2) is 29.6 Å². The third-order valence-electron chi connectivity index (χ3n) is 3.77. The zero-order valence-corrected chi connectivity index (χ0v) is 14.7. The minimum atomic E-state index is -0.359. The Morgan fingerprint density at radius 1 is 1.48 bits per heavy atom. The molecule has 23 heavy (non-hydrogen) atoms. The van der Waals surface area contributed by atoms with Crippen molar-refractivity contribution in [1.29, 1.82) is 0 Å². The lowest BCUT2D eigenvalue weighted by Gasteiger charge is -2.35. The smallest absolute Gasteiger partial charge is 0.338 e. The van der Waals surface area contributed by atoms with Gasteiger partial charge >= 0.3 is 5.97 Å². The van der Waals surface area contributed by atoms with Gasteiger partial charge in [0.25, 0.3) is 0 Å². The average Bonchev–Trinajstić information content (AvgIpc) is 2.50. The highest BCUT2D eigenvalue weighted by atomic mass is 32.1. The second kappa shape index (κ2) is 7.00. The monoisotopic (exact) mass is 333 g/mol. The lowest BCUT2D eigenvalue weighted by atomic mass is 9.95. The van der Waals surface area contributed by atoms with Crippen molar-refractivity contribution in [3.8, 4) is 0 Å². The molecule has 1 heterocycles. The fraction of sp³-hybridized carbons (Fsp3) is 0.412. The molecular formula is C17H23N3O2S. The van der Waals surface area contributed by atoms with Crippen molar-refractivity contribution in [2.75, 3.05) is 19.4 Å². The minimum Gasteiger partial charge on any atom is -0.462 e. The molecule has 0 saturated heterocycles. The predicted octanol–water partition coefficient (Wildman–Crippen LogP) is 2.60. The number of hydrogen-bond acceptors (Lipinski definition) is 4. The molecule has 0 saturated carbocycles. The highest BCUT2D eigenvalue weighted by Crippen LogP contribution is 2.31. The minimum absolute atomic E-state index is 0.279. The number of thiocarbonyl (C=S) groups is 1. The number of benzene rings is 1. The standard InChI is InChI=1S/C17H23N3O2S/c1-10(2)9-22-16(21)14-11(3)20(4)17(23)19-15(14)12-6-5-7-13(18)8-12/h5-8,10,15H,9,18H2,1-4H3,(H,19,23)/t15-/m1/s1. The van der Waals surface area contributed by atoms with E-state index in [2.05, 4.69) is 5.32 Å². The summed E-state index contributed by atoms with van der Waals surface area (Å²) >= 11 is 5.36. The van der Waals surface area contributed by atoms with E-state index in [1.807, 2.05) is 52.1 Å². The van der Waals surface area contributed by atoms with Gasteiger partial charge in [-0.05, 0) is 42.8 Å². The maximum Gasteiger partial charge on any atom is 0.338 e. The Hall–Kier alpha value is -2.08. The van der Waals surface area contributed by atoms with Gasteiger partial charge in [0.15, 0.2) is 5.11 Å². The molecule has 0 aliphatic carbocycles. The average molecular weight is 333 g/mol. The van der Waals surface area contributed by atoms with E-state index in [1.54, 1.807) is 4.90 Å². The summed E-state index contributed by atoms with van der Waals surface area (Å²) in [6, 6.07) is 7.07. The van der Waals surface area contributed by atoms with Crippen molar-refractivity contribution >= 4 is 29.0 Å². The van der Waals surface area contributed by atoms with E-state index >= 15 is 0 Å².